The van der Waals surface area contributed by atoms with E-state index in [0.717, 1.165) is 44.2 Å². The third-order valence-corrected chi connectivity index (χ3v) is 5.29. The van der Waals surface area contributed by atoms with Gasteiger partial charge in [-0.25, -0.2) is 0 Å². The van der Waals surface area contributed by atoms with Crippen molar-refractivity contribution < 1.29 is 19.1 Å². The lowest BCUT2D eigenvalue weighted by molar-refractivity contribution is -0.128. The number of nitrogens with zero attached hydrogens (tertiary/aromatic N) is 1. The number of rotatable bonds is 6. The number of ether oxygens (including phenoxy) is 2. The van der Waals surface area contributed by atoms with E-state index in [4.69, 9.17) is 9.47 Å². The number of allylic oxidation sites excluding steroid dienone is 1. The summed E-state index contributed by atoms with van der Waals surface area (Å²) in [5, 5.41) is 3.00. The second-order valence-corrected chi connectivity index (χ2v) is 7.19. The fourth-order valence-electron chi connectivity index (χ4n) is 3.76. The molecule has 1 atom stereocenters. The van der Waals surface area contributed by atoms with Gasteiger partial charge in [-0.05, 0) is 50.2 Å². The number of benzene rings is 1. The molecule has 1 aromatic carbocycles. The van der Waals surface area contributed by atoms with Crippen molar-refractivity contribution in [2.45, 2.75) is 32.1 Å². The minimum Gasteiger partial charge on any atom is -0.497 e. The van der Waals surface area contributed by atoms with Crippen molar-refractivity contribution in [2.75, 3.05) is 33.9 Å². The van der Waals surface area contributed by atoms with Crippen LogP contribution in [0.3, 0.4) is 0 Å². The van der Waals surface area contributed by atoms with Gasteiger partial charge >= 0.3 is 0 Å². The van der Waals surface area contributed by atoms with Gasteiger partial charge in [0.05, 0.1) is 14.2 Å². The molecule has 0 bridgehead atoms. The molecule has 1 aliphatic carbocycles. The predicted octanol–water partition coefficient (Wildman–Crippen LogP) is 2.78. The summed E-state index contributed by atoms with van der Waals surface area (Å²) in [5.74, 6) is 1.47. The van der Waals surface area contributed by atoms with E-state index in [-0.39, 0.29) is 17.7 Å². The Hall–Kier alpha value is -2.50. The molecule has 0 radical (unpaired) electrons. The van der Waals surface area contributed by atoms with E-state index in [1.54, 1.807) is 32.4 Å². The first-order valence-electron chi connectivity index (χ1n) is 9.60. The van der Waals surface area contributed by atoms with Crippen LogP contribution in [0.1, 0.15) is 42.5 Å². The van der Waals surface area contributed by atoms with Crippen LogP contribution < -0.4 is 14.8 Å². The van der Waals surface area contributed by atoms with E-state index in [2.05, 4.69) is 11.4 Å². The maximum atomic E-state index is 12.6. The molecular weight excluding hydrogens is 344 g/mol. The number of nitrogens with one attached hydrogen (secondary N) is 1. The largest absolute Gasteiger partial charge is 0.497 e. The number of methoxy groups -OCH3 is 2. The van der Waals surface area contributed by atoms with E-state index in [1.807, 2.05) is 4.90 Å². The second-order valence-electron chi connectivity index (χ2n) is 7.19. The molecule has 2 aliphatic rings. The predicted molar refractivity (Wildman–Crippen MR) is 103 cm³/mol. The molecule has 6 heteroatoms. The van der Waals surface area contributed by atoms with Gasteiger partial charge < -0.3 is 19.7 Å². The van der Waals surface area contributed by atoms with Crippen LogP contribution in [0.5, 0.6) is 11.5 Å². The Morgan fingerprint density at radius 3 is 2.52 bits per heavy atom. The van der Waals surface area contributed by atoms with Crippen molar-refractivity contribution in [2.24, 2.45) is 5.92 Å². The van der Waals surface area contributed by atoms with Crippen molar-refractivity contribution in [3.05, 3.63) is 35.4 Å². The van der Waals surface area contributed by atoms with Gasteiger partial charge in [0.15, 0.2) is 0 Å². The molecule has 0 saturated carbocycles. The molecule has 1 heterocycles. The van der Waals surface area contributed by atoms with Crippen molar-refractivity contribution in [3.63, 3.8) is 0 Å². The molecule has 146 valence electrons. The van der Waals surface area contributed by atoms with Crippen LogP contribution in [0, 0.1) is 5.92 Å². The molecule has 1 N–H and O–H groups in total. The Morgan fingerprint density at radius 1 is 1.15 bits per heavy atom. The van der Waals surface area contributed by atoms with Crippen LogP contribution in [0.25, 0.3) is 0 Å². The summed E-state index contributed by atoms with van der Waals surface area (Å²) in [7, 11) is 3.12. The molecule has 3 rings (SSSR count). The van der Waals surface area contributed by atoms with Crippen LogP contribution in [0.4, 0.5) is 0 Å². The highest BCUT2D eigenvalue weighted by atomic mass is 16.5. The minimum absolute atomic E-state index is 0.158. The van der Waals surface area contributed by atoms with Gasteiger partial charge in [-0.2, -0.15) is 0 Å². The number of likely N-dealkylation sites (tertiary alicyclic amines) is 1. The molecule has 1 aliphatic heterocycles. The zero-order valence-electron chi connectivity index (χ0n) is 16.1. The summed E-state index contributed by atoms with van der Waals surface area (Å²) in [6.07, 6.45) is 7.06. The number of carbonyl (C=O) groups is 2. The van der Waals surface area contributed by atoms with Gasteiger partial charge in [-0.3, -0.25) is 9.59 Å². The lowest BCUT2D eigenvalue weighted by Gasteiger charge is -2.33. The molecule has 0 spiro atoms. The summed E-state index contributed by atoms with van der Waals surface area (Å²) in [5.41, 5.74) is 1.47. The van der Waals surface area contributed by atoms with Crippen LogP contribution >= 0.6 is 0 Å². The number of hydrogen-bond donors (Lipinski definition) is 1. The van der Waals surface area contributed by atoms with Gasteiger partial charge in [-0.1, -0.05) is 6.08 Å². The van der Waals surface area contributed by atoms with Gasteiger partial charge in [0, 0.05) is 36.8 Å². The molecule has 1 aromatic rings. The average molecular weight is 372 g/mol. The maximum absolute atomic E-state index is 12.6. The summed E-state index contributed by atoms with van der Waals surface area (Å²) in [6.45, 7) is 2.08. The first kappa shape index (κ1) is 19.3. The highest BCUT2D eigenvalue weighted by molar-refractivity contribution is 5.95. The highest BCUT2D eigenvalue weighted by Crippen LogP contribution is 2.24. The molecule has 1 fully saturated rings. The van der Waals surface area contributed by atoms with Gasteiger partial charge in [0.2, 0.25) is 5.91 Å². The molecule has 2 amide bonds. The third kappa shape index (κ3) is 4.81. The molecular formula is C21H28N2O4. The number of carbonyl (C=O) groups excluding carboxylic acids is 2. The SMILES string of the molecule is COc1cc(OC)cc(C(=O)NC[C@@H]2CCCN(C(=O)C3=CCCC3)C2)c1. The van der Waals surface area contributed by atoms with Crippen molar-refractivity contribution in [1.29, 1.82) is 0 Å². The Morgan fingerprint density at radius 2 is 1.89 bits per heavy atom. The number of hydrogen-bond acceptors (Lipinski definition) is 4. The first-order chi connectivity index (χ1) is 13.1. The van der Waals surface area contributed by atoms with E-state index >= 15 is 0 Å². The Kier molecular flexibility index (Phi) is 6.37. The zero-order chi connectivity index (χ0) is 19.2. The highest BCUT2D eigenvalue weighted by Gasteiger charge is 2.26. The van der Waals surface area contributed by atoms with Crippen molar-refractivity contribution >= 4 is 11.8 Å². The van der Waals surface area contributed by atoms with Crippen LogP contribution in [-0.2, 0) is 4.79 Å². The lowest BCUT2D eigenvalue weighted by atomic mass is 9.97. The normalized spacial score (nSPS) is 19.4. The van der Waals surface area contributed by atoms with Crippen LogP contribution in [0.2, 0.25) is 0 Å². The monoisotopic (exact) mass is 372 g/mol. The lowest BCUT2D eigenvalue weighted by Crippen LogP contribution is -2.44. The minimum atomic E-state index is -0.158. The van der Waals surface area contributed by atoms with Gasteiger partial charge in [-0.15, -0.1) is 0 Å². The van der Waals surface area contributed by atoms with E-state index in [1.165, 1.54) is 0 Å². The first-order valence-corrected chi connectivity index (χ1v) is 9.60. The summed E-state index contributed by atoms with van der Waals surface area (Å²) >= 11 is 0. The zero-order valence-corrected chi connectivity index (χ0v) is 16.1. The standard InChI is InChI=1S/C21H28N2O4/c1-26-18-10-17(11-19(12-18)27-2)20(24)22-13-15-6-5-9-23(14-15)21(25)16-7-3-4-8-16/h7,10-12,15H,3-6,8-9,13-14H2,1-2H3,(H,22,24)/t15-/m0/s1. The topological polar surface area (TPSA) is 67.9 Å². The Bertz CT molecular complexity index is 707. The van der Waals surface area contributed by atoms with Crippen LogP contribution in [0.15, 0.2) is 29.8 Å². The van der Waals surface area contributed by atoms with E-state index in [9.17, 15) is 9.59 Å². The number of piperidine rings is 1. The van der Waals surface area contributed by atoms with Gasteiger partial charge in [0.25, 0.3) is 5.91 Å². The van der Waals surface area contributed by atoms with Crippen LogP contribution in [-0.4, -0.2) is 50.6 Å². The smallest absolute Gasteiger partial charge is 0.251 e. The third-order valence-electron chi connectivity index (χ3n) is 5.29. The fraction of sp³-hybridized carbons (Fsp3) is 0.524. The number of amides is 2. The summed E-state index contributed by atoms with van der Waals surface area (Å²) in [4.78, 5) is 27.1. The summed E-state index contributed by atoms with van der Waals surface area (Å²) < 4.78 is 10.4. The van der Waals surface area contributed by atoms with Crippen molar-refractivity contribution in [3.8, 4) is 11.5 Å². The Labute approximate surface area is 160 Å². The molecule has 6 nitrogen and oxygen atoms in total. The fourth-order valence-corrected chi connectivity index (χ4v) is 3.76. The molecule has 0 aromatic heterocycles. The summed E-state index contributed by atoms with van der Waals surface area (Å²) in [6, 6.07) is 5.13. The van der Waals surface area contributed by atoms with E-state index < -0.39 is 0 Å². The molecule has 0 unspecified atom stereocenters. The van der Waals surface area contributed by atoms with Crippen molar-refractivity contribution in [1.82, 2.24) is 10.2 Å². The Balaban J connectivity index is 1.56. The second kappa shape index (κ2) is 8.93. The average Bonchev–Trinajstić information content (AvgIpc) is 3.26. The van der Waals surface area contributed by atoms with Gasteiger partial charge in [0.1, 0.15) is 11.5 Å². The molecule has 1 saturated heterocycles. The maximum Gasteiger partial charge on any atom is 0.251 e. The molecule has 27 heavy (non-hydrogen) atoms. The quantitative estimate of drug-likeness (QED) is 0.834. The van der Waals surface area contributed by atoms with E-state index in [0.29, 0.717) is 30.2 Å².